The Labute approximate surface area is 177 Å². The first-order valence-corrected chi connectivity index (χ1v) is 9.69. The molecule has 1 amide bonds. The van der Waals surface area contributed by atoms with Crippen LogP contribution in [0.5, 0.6) is 5.75 Å². The third kappa shape index (κ3) is 4.76. The van der Waals surface area contributed by atoms with Crippen molar-refractivity contribution in [3.8, 4) is 5.75 Å². The van der Waals surface area contributed by atoms with E-state index in [0.29, 0.717) is 16.4 Å². The van der Waals surface area contributed by atoms with Gasteiger partial charge in [0.1, 0.15) is 5.82 Å². The molecular formula is C17H18FIN4O6. The normalized spacial score (nSPS) is 13.2. The van der Waals surface area contributed by atoms with Gasteiger partial charge in [-0.2, -0.15) is 5.48 Å². The van der Waals surface area contributed by atoms with Crippen LogP contribution in [0.25, 0.3) is 0 Å². The van der Waals surface area contributed by atoms with Gasteiger partial charge in [-0.1, -0.05) is 0 Å². The number of carbonyl (C=O) groups excluding carboxylic acids is 1. The van der Waals surface area contributed by atoms with E-state index in [2.05, 4.69) is 10.2 Å². The maximum absolute atomic E-state index is 14.3. The van der Waals surface area contributed by atoms with Crippen LogP contribution in [0, 0.1) is 9.39 Å². The van der Waals surface area contributed by atoms with E-state index in [1.54, 1.807) is 6.07 Å². The topological polar surface area (TPSA) is 124 Å². The Morgan fingerprint density at radius 2 is 2.10 bits per heavy atom. The first-order chi connectivity index (χ1) is 13.8. The molecule has 1 aliphatic carbocycles. The number of nitrogens with one attached hydrogen (secondary N) is 2. The number of carbonyl (C=O) groups is 1. The summed E-state index contributed by atoms with van der Waals surface area (Å²) in [6, 6.07) is 4.05. The molecule has 1 aromatic carbocycles. The smallest absolute Gasteiger partial charge is 0.399 e. The molecule has 29 heavy (non-hydrogen) atoms. The average molecular weight is 520 g/mol. The molecule has 1 heterocycles. The number of aliphatic hydroxyl groups excluding tert-OH is 1. The molecule has 0 unspecified atom stereocenters. The number of halogens is 2. The number of nitrogens with zero attached hydrogens (tertiary/aromatic N) is 2. The van der Waals surface area contributed by atoms with Gasteiger partial charge in [0.15, 0.2) is 5.82 Å². The third-order valence-electron chi connectivity index (χ3n) is 4.10. The molecule has 0 bridgehead atoms. The molecule has 1 saturated carbocycles. The maximum atomic E-state index is 14.3. The summed E-state index contributed by atoms with van der Waals surface area (Å²) in [7, 11) is 1.38. The van der Waals surface area contributed by atoms with Crippen LogP contribution >= 0.6 is 22.6 Å². The fraction of sp³-hybridized carbons (Fsp3) is 0.353. The zero-order chi connectivity index (χ0) is 21.1. The summed E-state index contributed by atoms with van der Waals surface area (Å²) < 4.78 is 22.1. The second-order valence-electron chi connectivity index (χ2n) is 6.24. The fourth-order valence-electron chi connectivity index (χ4n) is 2.58. The molecule has 12 heteroatoms. The zero-order valence-electron chi connectivity index (χ0n) is 15.3. The Bertz CT molecular complexity index is 1050. The number of aromatic nitrogens is 2. The molecule has 10 nitrogen and oxygen atoms in total. The molecule has 3 rings (SSSR count). The molecule has 0 spiro atoms. The van der Waals surface area contributed by atoms with Crippen LogP contribution in [0.4, 0.5) is 20.7 Å². The molecule has 2 aromatic rings. The second kappa shape index (κ2) is 8.92. The van der Waals surface area contributed by atoms with E-state index < -0.39 is 28.9 Å². The Morgan fingerprint density at radius 1 is 1.38 bits per heavy atom. The van der Waals surface area contributed by atoms with Gasteiger partial charge in [-0.05, 0) is 53.6 Å². The van der Waals surface area contributed by atoms with Crippen LogP contribution in [-0.4, -0.2) is 33.5 Å². The number of ether oxygens (including phenoxy) is 1. The van der Waals surface area contributed by atoms with Crippen molar-refractivity contribution in [1.82, 2.24) is 14.6 Å². The van der Waals surface area contributed by atoms with Crippen molar-refractivity contribution in [3.05, 3.63) is 48.4 Å². The van der Waals surface area contributed by atoms with Crippen LogP contribution in [-0.2, 0) is 11.9 Å². The molecule has 1 aromatic heterocycles. The molecule has 1 fully saturated rings. The summed E-state index contributed by atoms with van der Waals surface area (Å²) in [6.45, 7) is -0.527. The van der Waals surface area contributed by atoms with Crippen molar-refractivity contribution in [2.24, 2.45) is 7.05 Å². The van der Waals surface area contributed by atoms with E-state index in [9.17, 15) is 18.8 Å². The summed E-state index contributed by atoms with van der Waals surface area (Å²) in [5, 5.41) is 11.3. The number of amides is 1. The Kier molecular flexibility index (Phi) is 6.54. The highest BCUT2D eigenvalue weighted by Crippen LogP contribution is 2.34. The largest absolute Gasteiger partial charge is 0.437 e. The van der Waals surface area contributed by atoms with Crippen molar-refractivity contribution in [2.75, 3.05) is 18.5 Å². The summed E-state index contributed by atoms with van der Waals surface area (Å²) in [5.41, 5.74) is 0.466. The Morgan fingerprint density at radius 3 is 2.72 bits per heavy atom. The molecule has 156 valence electrons. The summed E-state index contributed by atoms with van der Waals surface area (Å²) in [6.07, 6.45) is 0.167. The molecular weight excluding hydrogens is 502 g/mol. The lowest BCUT2D eigenvalue weighted by molar-refractivity contribution is 0.0244. The van der Waals surface area contributed by atoms with Crippen LogP contribution in [0.3, 0.4) is 0 Å². The average Bonchev–Trinajstić information content (AvgIpc) is 3.49. The van der Waals surface area contributed by atoms with Crippen molar-refractivity contribution >= 4 is 40.2 Å². The van der Waals surface area contributed by atoms with Crippen LogP contribution in [0.1, 0.15) is 18.9 Å². The number of rotatable bonds is 7. The lowest BCUT2D eigenvalue weighted by Crippen LogP contribution is -2.41. The van der Waals surface area contributed by atoms with E-state index in [1.807, 2.05) is 28.1 Å². The van der Waals surface area contributed by atoms with Crippen LogP contribution in [0.15, 0.2) is 27.8 Å². The van der Waals surface area contributed by atoms with Gasteiger partial charge in [-0.25, -0.2) is 14.0 Å². The van der Waals surface area contributed by atoms with Gasteiger partial charge in [-0.15, -0.1) is 0 Å². The van der Waals surface area contributed by atoms with Gasteiger partial charge in [-0.3, -0.25) is 18.8 Å². The minimum absolute atomic E-state index is 0.00854. The monoisotopic (exact) mass is 520 g/mol. The summed E-state index contributed by atoms with van der Waals surface area (Å²) in [5.74, 6) is -1.28. The van der Waals surface area contributed by atoms with Crippen molar-refractivity contribution in [2.45, 2.75) is 18.9 Å². The van der Waals surface area contributed by atoms with Crippen molar-refractivity contribution in [3.63, 3.8) is 0 Å². The molecule has 0 aliphatic heterocycles. The number of anilines is 2. The predicted octanol–water partition coefficient (Wildman–Crippen LogP) is 1.38. The van der Waals surface area contributed by atoms with Crippen LogP contribution in [0.2, 0.25) is 0 Å². The standard InChI is InChI=1S/C17H18FIN4O6/c1-22-14(20-12-5-2-9(19)8-11(12)18)13(29-16(26)21-28-7-6-24)15(25)23(17(22)27)10-3-4-10/h2,5,8,10,20,24H,3-4,6-7H2,1H3,(H,21,26). The van der Waals surface area contributed by atoms with Gasteiger partial charge in [0.2, 0.25) is 5.75 Å². The highest BCUT2D eigenvalue weighted by molar-refractivity contribution is 14.1. The van der Waals surface area contributed by atoms with Crippen LogP contribution < -0.4 is 26.8 Å². The minimum atomic E-state index is -1.14. The summed E-state index contributed by atoms with van der Waals surface area (Å²) in [4.78, 5) is 42.1. The first-order valence-electron chi connectivity index (χ1n) is 8.61. The quantitative estimate of drug-likeness (QED) is 0.287. The van der Waals surface area contributed by atoms with E-state index >= 15 is 0 Å². The molecule has 0 atom stereocenters. The van der Waals surface area contributed by atoms with E-state index in [1.165, 1.54) is 19.2 Å². The lowest BCUT2D eigenvalue weighted by Gasteiger charge is -2.18. The first kappa shape index (κ1) is 21.3. The SMILES string of the molecule is Cn1c(Nc2ccc(I)cc2F)c(OC(=O)NOCCO)c(=O)n(C2CC2)c1=O. The lowest BCUT2D eigenvalue weighted by atomic mass is 10.3. The van der Waals surface area contributed by atoms with Gasteiger partial charge >= 0.3 is 17.3 Å². The predicted molar refractivity (Wildman–Crippen MR) is 109 cm³/mol. The highest BCUT2D eigenvalue weighted by Gasteiger charge is 2.31. The second-order valence-corrected chi connectivity index (χ2v) is 7.48. The number of hydroxylamine groups is 1. The van der Waals surface area contributed by atoms with E-state index in [4.69, 9.17) is 9.84 Å². The minimum Gasteiger partial charge on any atom is -0.399 e. The fourth-order valence-corrected chi connectivity index (χ4v) is 3.04. The number of benzene rings is 1. The van der Waals surface area contributed by atoms with Gasteiger partial charge in [0.05, 0.1) is 18.9 Å². The number of aliphatic hydroxyl groups is 1. The third-order valence-corrected chi connectivity index (χ3v) is 4.77. The number of hydrogen-bond donors (Lipinski definition) is 3. The molecule has 1 aliphatic rings. The van der Waals surface area contributed by atoms with Crippen molar-refractivity contribution in [1.29, 1.82) is 0 Å². The molecule has 0 radical (unpaired) electrons. The van der Waals surface area contributed by atoms with Gasteiger partial charge in [0.25, 0.3) is 0 Å². The maximum Gasteiger partial charge on any atom is 0.437 e. The van der Waals surface area contributed by atoms with Crippen molar-refractivity contribution < 1.29 is 23.9 Å². The zero-order valence-corrected chi connectivity index (χ0v) is 17.4. The van der Waals surface area contributed by atoms with E-state index in [0.717, 1.165) is 9.13 Å². The molecule has 0 saturated heterocycles. The highest BCUT2D eigenvalue weighted by atomic mass is 127. The van der Waals surface area contributed by atoms with E-state index in [-0.39, 0.29) is 30.8 Å². The number of hydrogen-bond acceptors (Lipinski definition) is 7. The Hall–Kier alpha value is -2.45. The Balaban J connectivity index is 2.04. The summed E-state index contributed by atoms with van der Waals surface area (Å²) >= 11 is 1.94. The van der Waals surface area contributed by atoms with Gasteiger partial charge in [0, 0.05) is 16.7 Å². The van der Waals surface area contributed by atoms with Gasteiger partial charge < -0.3 is 15.2 Å². The molecule has 3 N–H and O–H groups in total.